The number of benzene rings is 2. The van der Waals surface area contributed by atoms with E-state index in [1.54, 1.807) is 12.3 Å². The van der Waals surface area contributed by atoms with Crippen LogP contribution in [-0.2, 0) is 11.3 Å². The largest absolute Gasteiger partial charge is 0.468 e. The van der Waals surface area contributed by atoms with Gasteiger partial charge in [0.15, 0.2) is 5.78 Å². The van der Waals surface area contributed by atoms with E-state index in [0.717, 1.165) is 11.3 Å². The van der Waals surface area contributed by atoms with Crippen molar-refractivity contribution < 1.29 is 9.21 Å². The normalized spacial score (nSPS) is 12.3. The third-order valence-corrected chi connectivity index (χ3v) is 3.95. The summed E-state index contributed by atoms with van der Waals surface area (Å²) in [5, 5.41) is 3.42. The predicted molar refractivity (Wildman–Crippen MR) is 99.8 cm³/mol. The molecule has 1 heterocycles. The number of allylic oxidation sites excluding steroid dienone is 1. The summed E-state index contributed by atoms with van der Waals surface area (Å²) >= 11 is 0. The molecule has 1 atom stereocenters. The number of hydrogen-bond acceptors (Lipinski definition) is 3. The van der Waals surface area contributed by atoms with Gasteiger partial charge in [-0.25, -0.2) is 0 Å². The van der Waals surface area contributed by atoms with E-state index < -0.39 is 0 Å². The van der Waals surface area contributed by atoms with Crippen molar-refractivity contribution in [2.45, 2.75) is 19.0 Å². The molecule has 3 aromatic rings. The Morgan fingerprint density at radius 3 is 2.36 bits per heavy atom. The molecule has 25 heavy (non-hydrogen) atoms. The zero-order valence-corrected chi connectivity index (χ0v) is 14.0. The maximum atomic E-state index is 12.4. The van der Waals surface area contributed by atoms with E-state index in [4.69, 9.17) is 4.42 Å². The zero-order valence-electron chi connectivity index (χ0n) is 14.0. The van der Waals surface area contributed by atoms with E-state index >= 15 is 0 Å². The van der Waals surface area contributed by atoms with E-state index in [9.17, 15) is 4.79 Å². The van der Waals surface area contributed by atoms with Crippen molar-refractivity contribution >= 4 is 11.9 Å². The molecule has 0 saturated heterocycles. The first-order valence-corrected chi connectivity index (χ1v) is 8.38. The van der Waals surface area contributed by atoms with Crippen molar-refractivity contribution in [2.75, 3.05) is 0 Å². The lowest BCUT2D eigenvalue weighted by Gasteiger charge is -2.15. The quantitative estimate of drug-likeness (QED) is 0.604. The second-order valence-corrected chi connectivity index (χ2v) is 5.85. The standard InChI is InChI=1S/C22H21NO2/c24-20(14-13-18-8-3-1-4-9-18)16-21(22-12-7-15-25-22)23-17-19-10-5-2-6-11-19/h1-15,21,23H,16-17H2/b14-13+. The molecule has 0 fully saturated rings. The molecule has 3 nitrogen and oxygen atoms in total. The van der Waals surface area contributed by atoms with E-state index in [1.165, 1.54) is 5.56 Å². The molecule has 0 aliphatic carbocycles. The highest BCUT2D eigenvalue weighted by molar-refractivity contribution is 5.93. The van der Waals surface area contributed by atoms with Crippen LogP contribution in [0.25, 0.3) is 6.08 Å². The molecule has 0 spiro atoms. The van der Waals surface area contributed by atoms with E-state index in [-0.39, 0.29) is 11.8 Å². The highest BCUT2D eigenvalue weighted by atomic mass is 16.3. The van der Waals surface area contributed by atoms with Gasteiger partial charge in [0.05, 0.1) is 12.3 Å². The van der Waals surface area contributed by atoms with Crippen LogP contribution in [0.2, 0.25) is 0 Å². The topological polar surface area (TPSA) is 42.2 Å². The minimum atomic E-state index is -0.150. The summed E-state index contributed by atoms with van der Waals surface area (Å²) in [5.41, 5.74) is 2.19. The van der Waals surface area contributed by atoms with Gasteiger partial charge in [-0.05, 0) is 29.3 Å². The summed E-state index contributed by atoms with van der Waals surface area (Å²) in [7, 11) is 0. The lowest BCUT2D eigenvalue weighted by Crippen LogP contribution is -2.22. The van der Waals surface area contributed by atoms with E-state index in [1.807, 2.05) is 66.7 Å². The molecule has 2 aromatic carbocycles. The fraction of sp³-hybridized carbons (Fsp3) is 0.136. The molecule has 0 saturated carbocycles. The molecule has 1 aromatic heterocycles. The molecular formula is C22H21NO2. The SMILES string of the molecule is O=C(/C=C/c1ccccc1)CC(NCc1ccccc1)c1ccco1. The highest BCUT2D eigenvalue weighted by Crippen LogP contribution is 2.19. The van der Waals surface area contributed by atoms with Crippen molar-refractivity contribution in [3.05, 3.63) is 102 Å². The lowest BCUT2D eigenvalue weighted by molar-refractivity contribution is -0.115. The summed E-state index contributed by atoms with van der Waals surface area (Å²) in [6, 6.07) is 23.5. The van der Waals surface area contributed by atoms with Crippen LogP contribution in [-0.4, -0.2) is 5.78 Å². The Kier molecular flexibility index (Phi) is 5.96. The van der Waals surface area contributed by atoms with Crippen LogP contribution < -0.4 is 5.32 Å². The van der Waals surface area contributed by atoms with Gasteiger partial charge in [0.2, 0.25) is 0 Å². The lowest BCUT2D eigenvalue weighted by atomic mass is 10.1. The highest BCUT2D eigenvalue weighted by Gasteiger charge is 2.16. The number of ketones is 1. The van der Waals surface area contributed by atoms with Crippen LogP contribution in [0.15, 0.2) is 89.6 Å². The second kappa shape index (κ2) is 8.81. The van der Waals surface area contributed by atoms with E-state index in [2.05, 4.69) is 17.4 Å². The Balaban J connectivity index is 1.63. The van der Waals surface area contributed by atoms with Crippen LogP contribution >= 0.6 is 0 Å². The smallest absolute Gasteiger partial charge is 0.157 e. The minimum absolute atomic E-state index is 0.0609. The summed E-state index contributed by atoms with van der Waals surface area (Å²) < 4.78 is 5.51. The molecule has 1 N–H and O–H groups in total. The molecule has 0 aliphatic heterocycles. The Bertz CT molecular complexity index is 793. The Hall–Kier alpha value is -2.91. The van der Waals surface area contributed by atoms with Crippen molar-refractivity contribution in [3.63, 3.8) is 0 Å². The van der Waals surface area contributed by atoms with E-state index in [0.29, 0.717) is 13.0 Å². The van der Waals surface area contributed by atoms with Gasteiger partial charge in [0, 0.05) is 13.0 Å². The fourth-order valence-corrected chi connectivity index (χ4v) is 2.62. The summed E-state index contributed by atoms with van der Waals surface area (Å²) in [6.45, 7) is 0.682. The number of furan rings is 1. The van der Waals surface area contributed by atoms with Crippen molar-refractivity contribution in [1.82, 2.24) is 5.32 Å². The maximum Gasteiger partial charge on any atom is 0.157 e. The zero-order chi connectivity index (χ0) is 17.3. The predicted octanol–water partition coefficient (Wildman–Crippen LogP) is 4.78. The first-order valence-electron chi connectivity index (χ1n) is 8.38. The molecule has 0 aliphatic rings. The minimum Gasteiger partial charge on any atom is -0.468 e. The van der Waals surface area contributed by atoms with Crippen LogP contribution in [0.4, 0.5) is 0 Å². The Morgan fingerprint density at radius 1 is 0.960 bits per heavy atom. The molecule has 3 heteroatoms. The van der Waals surface area contributed by atoms with Crippen molar-refractivity contribution in [1.29, 1.82) is 0 Å². The number of rotatable bonds is 8. The number of hydrogen-bond donors (Lipinski definition) is 1. The van der Waals surface area contributed by atoms with Gasteiger partial charge in [0.25, 0.3) is 0 Å². The molecule has 0 radical (unpaired) electrons. The van der Waals surface area contributed by atoms with Gasteiger partial charge in [-0.15, -0.1) is 0 Å². The average Bonchev–Trinajstić information content (AvgIpc) is 3.20. The first-order chi connectivity index (χ1) is 12.3. The molecule has 3 rings (SSSR count). The van der Waals surface area contributed by atoms with Gasteiger partial charge in [-0.3, -0.25) is 4.79 Å². The molecule has 0 amide bonds. The third-order valence-electron chi connectivity index (χ3n) is 3.95. The third kappa shape index (κ3) is 5.30. The number of carbonyl (C=O) groups excluding carboxylic acids is 1. The van der Waals surface area contributed by atoms with Gasteiger partial charge in [-0.1, -0.05) is 66.7 Å². The van der Waals surface area contributed by atoms with Crippen molar-refractivity contribution in [2.24, 2.45) is 0 Å². The Labute approximate surface area is 148 Å². The van der Waals surface area contributed by atoms with Crippen LogP contribution in [0.1, 0.15) is 29.3 Å². The fourth-order valence-electron chi connectivity index (χ4n) is 2.62. The van der Waals surface area contributed by atoms with Gasteiger partial charge < -0.3 is 9.73 Å². The monoisotopic (exact) mass is 331 g/mol. The molecular weight excluding hydrogens is 310 g/mol. The van der Waals surface area contributed by atoms with Crippen molar-refractivity contribution in [3.8, 4) is 0 Å². The molecule has 0 bridgehead atoms. The maximum absolute atomic E-state index is 12.4. The van der Waals surface area contributed by atoms with Gasteiger partial charge in [-0.2, -0.15) is 0 Å². The first kappa shape index (κ1) is 16.9. The summed E-state index contributed by atoms with van der Waals surface area (Å²) in [6.07, 6.45) is 5.47. The second-order valence-electron chi connectivity index (χ2n) is 5.85. The molecule has 1 unspecified atom stereocenters. The average molecular weight is 331 g/mol. The summed E-state index contributed by atoms with van der Waals surface area (Å²) in [5.74, 6) is 0.836. The van der Waals surface area contributed by atoms with Crippen LogP contribution in [0.5, 0.6) is 0 Å². The summed E-state index contributed by atoms with van der Waals surface area (Å²) in [4.78, 5) is 12.4. The Morgan fingerprint density at radius 2 is 1.68 bits per heavy atom. The van der Waals surface area contributed by atoms with Gasteiger partial charge in [0.1, 0.15) is 5.76 Å². The molecule has 126 valence electrons. The number of carbonyl (C=O) groups is 1. The number of nitrogens with one attached hydrogen (secondary N) is 1. The van der Waals surface area contributed by atoms with Crippen LogP contribution in [0.3, 0.4) is 0 Å². The van der Waals surface area contributed by atoms with Gasteiger partial charge >= 0.3 is 0 Å². The van der Waals surface area contributed by atoms with Crippen LogP contribution in [0, 0.1) is 0 Å².